The minimum absolute atomic E-state index is 0.000580. The predicted molar refractivity (Wildman–Crippen MR) is 80.0 cm³/mol. The van der Waals surface area contributed by atoms with E-state index in [-0.39, 0.29) is 18.2 Å². The van der Waals surface area contributed by atoms with Gasteiger partial charge in [0.15, 0.2) is 11.5 Å². The topological polar surface area (TPSA) is 70.0 Å². The molecule has 0 aromatic heterocycles. The number of likely N-dealkylation sites (tertiary alicyclic amines) is 1. The van der Waals surface area contributed by atoms with Crippen molar-refractivity contribution in [2.24, 2.45) is 0 Å². The fraction of sp³-hybridized carbons (Fsp3) is 0.533. The van der Waals surface area contributed by atoms with E-state index in [2.05, 4.69) is 4.90 Å². The summed E-state index contributed by atoms with van der Waals surface area (Å²) in [4.78, 5) is 13.1. The Labute approximate surface area is 129 Å². The first kappa shape index (κ1) is 15.9. The quantitative estimate of drug-likeness (QED) is 0.874. The van der Waals surface area contributed by atoms with Crippen molar-refractivity contribution in [2.45, 2.75) is 38.3 Å². The maximum absolute atomic E-state index is 11.0. The molecule has 0 spiro atoms. The highest BCUT2D eigenvalue weighted by Gasteiger charge is 2.26. The second-order valence-corrected chi connectivity index (χ2v) is 5.77. The molecule has 6 heteroatoms. The van der Waals surface area contributed by atoms with Gasteiger partial charge in [-0.15, -0.1) is 0 Å². The van der Waals surface area contributed by atoms with Gasteiger partial charge in [-0.05, 0) is 25.5 Å². The van der Waals surface area contributed by atoms with Crippen molar-refractivity contribution < 1.29 is 19.7 Å². The molecule has 1 fully saturated rings. The van der Waals surface area contributed by atoms with E-state index >= 15 is 0 Å². The van der Waals surface area contributed by atoms with Gasteiger partial charge >= 0.3 is 5.97 Å². The Hall–Kier alpha value is -1.46. The number of carboxylic acid groups (broad SMARTS) is 1. The van der Waals surface area contributed by atoms with Gasteiger partial charge in [-0.3, -0.25) is 9.69 Å². The Morgan fingerprint density at radius 2 is 2.24 bits per heavy atom. The number of aromatic hydroxyl groups is 1. The number of phenolic OH excluding ortho intramolecular Hbond substituents is 1. The summed E-state index contributed by atoms with van der Waals surface area (Å²) in [5.74, 6) is -0.384. The molecule has 5 nitrogen and oxygen atoms in total. The monoisotopic (exact) mass is 313 g/mol. The number of benzene rings is 1. The Morgan fingerprint density at radius 1 is 1.48 bits per heavy atom. The number of carbonyl (C=O) groups is 1. The van der Waals surface area contributed by atoms with Crippen molar-refractivity contribution in [2.75, 3.05) is 13.7 Å². The van der Waals surface area contributed by atoms with Crippen LogP contribution in [0, 0.1) is 0 Å². The molecular weight excluding hydrogens is 294 g/mol. The Morgan fingerprint density at radius 3 is 2.90 bits per heavy atom. The smallest absolute Gasteiger partial charge is 0.304 e. The Kier molecular flexibility index (Phi) is 5.31. The lowest BCUT2D eigenvalue weighted by Crippen LogP contribution is -2.40. The maximum Gasteiger partial charge on any atom is 0.304 e. The molecule has 0 amide bonds. The molecule has 1 aromatic rings. The fourth-order valence-corrected chi connectivity index (χ4v) is 3.05. The van der Waals surface area contributed by atoms with Crippen molar-refractivity contribution in [3.8, 4) is 11.5 Å². The predicted octanol–water partition coefficient (Wildman–Crippen LogP) is 2.88. The highest BCUT2D eigenvalue weighted by molar-refractivity contribution is 6.30. The minimum Gasteiger partial charge on any atom is -0.504 e. The molecule has 1 aromatic carbocycles. The van der Waals surface area contributed by atoms with Crippen LogP contribution in [0.2, 0.25) is 5.02 Å². The summed E-state index contributed by atoms with van der Waals surface area (Å²) in [6.07, 6.45) is 3.07. The molecular formula is C15H20ClNO4. The van der Waals surface area contributed by atoms with Gasteiger partial charge in [-0.1, -0.05) is 18.0 Å². The lowest BCUT2D eigenvalue weighted by Gasteiger charge is -2.35. The zero-order valence-electron chi connectivity index (χ0n) is 12.0. The number of halogens is 1. The number of methoxy groups -OCH3 is 1. The molecule has 2 N–H and O–H groups in total. The summed E-state index contributed by atoms with van der Waals surface area (Å²) in [7, 11) is 1.48. The van der Waals surface area contributed by atoms with Crippen molar-refractivity contribution >= 4 is 17.6 Å². The number of ether oxygens (including phenoxy) is 1. The number of aliphatic carboxylic acids is 1. The van der Waals surface area contributed by atoms with Gasteiger partial charge in [0.1, 0.15) is 0 Å². The van der Waals surface area contributed by atoms with Crippen LogP contribution < -0.4 is 4.74 Å². The third-order valence-electron chi connectivity index (χ3n) is 3.87. The third-order valence-corrected chi connectivity index (χ3v) is 4.09. The normalized spacial score (nSPS) is 19.4. The van der Waals surface area contributed by atoms with E-state index in [4.69, 9.17) is 21.4 Å². The van der Waals surface area contributed by atoms with E-state index < -0.39 is 5.97 Å². The standard InChI is InChI=1S/C15H20ClNO4/c1-21-13-7-11(16)6-10(15(13)20)9-17-5-3-2-4-12(17)8-14(18)19/h6-7,12,20H,2-5,8-9H2,1H3,(H,18,19). The lowest BCUT2D eigenvalue weighted by atomic mass is 9.98. The van der Waals surface area contributed by atoms with Crippen LogP contribution in [0.3, 0.4) is 0 Å². The second-order valence-electron chi connectivity index (χ2n) is 5.33. The molecule has 0 saturated carbocycles. The molecule has 1 aliphatic heterocycles. The molecule has 0 bridgehead atoms. The Balaban J connectivity index is 2.19. The van der Waals surface area contributed by atoms with E-state index in [9.17, 15) is 9.90 Å². The number of carboxylic acids is 1. The zero-order valence-corrected chi connectivity index (χ0v) is 12.8. The molecule has 1 saturated heterocycles. The average Bonchev–Trinajstić information content (AvgIpc) is 2.44. The molecule has 0 aliphatic carbocycles. The number of rotatable bonds is 5. The molecule has 2 rings (SSSR count). The first-order valence-corrected chi connectivity index (χ1v) is 7.40. The lowest BCUT2D eigenvalue weighted by molar-refractivity contribution is -0.138. The zero-order chi connectivity index (χ0) is 15.4. The van der Waals surface area contributed by atoms with Gasteiger partial charge in [-0.2, -0.15) is 0 Å². The third kappa shape index (κ3) is 4.02. The van der Waals surface area contributed by atoms with Crippen LogP contribution in [-0.2, 0) is 11.3 Å². The molecule has 21 heavy (non-hydrogen) atoms. The van der Waals surface area contributed by atoms with Gasteiger partial charge in [0.2, 0.25) is 0 Å². The molecule has 1 heterocycles. The van der Waals surface area contributed by atoms with Crippen LogP contribution in [0.1, 0.15) is 31.2 Å². The highest BCUT2D eigenvalue weighted by Crippen LogP contribution is 2.35. The van der Waals surface area contributed by atoms with E-state index in [0.717, 1.165) is 25.8 Å². The first-order chi connectivity index (χ1) is 10.0. The summed E-state index contributed by atoms with van der Waals surface area (Å²) in [5, 5.41) is 19.7. The molecule has 116 valence electrons. The summed E-state index contributed by atoms with van der Waals surface area (Å²) >= 11 is 6.04. The van der Waals surface area contributed by atoms with Crippen LogP contribution in [0.15, 0.2) is 12.1 Å². The van der Waals surface area contributed by atoms with Gasteiger partial charge in [0, 0.05) is 29.2 Å². The van der Waals surface area contributed by atoms with Gasteiger partial charge in [0.05, 0.1) is 13.5 Å². The average molecular weight is 314 g/mol. The highest BCUT2D eigenvalue weighted by atomic mass is 35.5. The number of nitrogens with zero attached hydrogens (tertiary/aromatic N) is 1. The molecule has 1 unspecified atom stereocenters. The van der Waals surface area contributed by atoms with E-state index in [1.54, 1.807) is 12.1 Å². The van der Waals surface area contributed by atoms with Crippen molar-refractivity contribution in [1.29, 1.82) is 0 Å². The van der Waals surface area contributed by atoms with Crippen molar-refractivity contribution in [3.63, 3.8) is 0 Å². The number of hydrogen-bond donors (Lipinski definition) is 2. The van der Waals surface area contributed by atoms with Crippen LogP contribution in [0.4, 0.5) is 0 Å². The van der Waals surface area contributed by atoms with Crippen LogP contribution >= 0.6 is 11.6 Å². The maximum atomic E-state index is 11.0. The van der Waals surface area contributed by atoms with Crippen molar-refractivity contribution in [3.05, 3.63) is 22.7 Å². The van der Waals surface area contributed by atoms with Crippen LogP contribution in [0.5, 0.6) is 11.5 Å². The van der Waals surface area contributed by atoms with Gasteiger partial charge in [0.25, 0.3) is 0 Å². The second kappa shape index (κ2) is 7.00. The Bertz CT molecular complexity index is 521. The largest absolute Gasteiger partial charge is 0.504 e. The minimum atomic E-state index is -0.792. The van der Waals surface area contributed by atoms with E-state index in [1.807, 2.05) is 0 Å². The number of phenols is 1. The summed E-state index contributed by atoms with van der Waals surface area (Å²) in [6, 6.07) is 3.26. The molecule has 0 radical (unpaired) electrons. The fourth-order valence-electron chi connectivity index (χ4n) is 2.82. The summed E-state index contributed by atoms with van der Waals surface area (Å²) in [6.45, 7) is 1.30. The van der Waals surface area contributed by atoms with Crippen molar-refractivity contribution in [1.82, 2.24) is 4.90 Å². The van der Waals surface area contributed by atoms with E-state index in [1.165, 1.54) is 7.11 Å². The molecule has 1 atom stereocenters. The molecule has 1 aliphatic rings. The summed E-state index contributed by atoms with van der Waals surface area (Å²) < 4.78 is 5.10. The van der Waals surface area contributed by atoms with Crippen LogP contribution in [-0.4, -0.2) is 40.8 Å². The van der Waals surface area contributed by atoms with Gasteiger partial charge in [-0.25, -0.2) is 0 Å². The number of piperidine rings is 1. The van der Waals surface area contributed by atoms with E-state index in [0.29, 0.717) is 22.9 Å². The van der Waals surface area contributed by atoms with Gasteiger partial charge < -0.3 is 14.9 Å². The SMILES string of the molecule is COc1cc(Cl)cc(CN2CCCCC2CC(=O)O)c1O. The first-order valence-electron chi connectivity index (χ1n) is 7.02. The number of hydrogen-bond acceptors (Lipinski definition) is 4. The van der Waals surface area contributed by atoms with Crippen LogP contribution in [0.25, 0.3) is 0 Å². The summed E-state index contributed by atoms with van der Waals surface area (Å²) in [5.41, 5.74) is 0.664.